The maximum Gasteiger partial charge on any atom is 0.351 e. The Morgan fingerprint density at radius 3 is 1.71 bits per heavy atom. The average molecular weight is 935 g/mol. The molecule has 0 spiro atoms. The van der Waals surface area contributed by atoms with Crippen LogP contribution in [0.5, 0.6) is 0 Å². The molecule has 6 atom stereocenters. The zero-order chi connectivity index (χ0) is 36.6. The number of nitrogens with two attached hydrogens (primary N) is 2. The van der Waals surface area contributed by atoms with Crippen LogP contribution in [-0.4, -0.2) is 83.6 Å². The molecule has 18 heteroatoms. The van der Waals surface area contributed by atoms with Crippen molar-refractivity contribution in [2.24, 2.45) is 0 Å². The molecule has 2 fully saturated rings. The van der Waals surface area contributed by atoms with Gasteiger partial charge in [-0.15, -0.1) is 0 Å². The van der Waals surface area contributed by atoms with Gasteiger partial charge in [-0.05, 0) is 81.4 Å². The van der Waals surface area contributed by atoms with Gasteiger partial charge < -0.3 is 40.0 Å². The molecule has 2 aromatic heterocycles. The van der Waals surface area contributed by atoms with Gasteiger partial charge in [0.1, 0.15) is 36.3 Å². The van der Waals surface area contributed by atoms with Crippen LogP contribution in [0, 0.1) is 7.14 Å². The number of aliphatic hydroxyl groups excluding tert-OH is 2. The summed E-state index contributed by atoms with van der Waals surface area (Å²) in [4.78, 5) is 31.7. The van der Waals surface area contributed by atoms with Gasteiger partial charge in [-0.1, -0.05) is 41.5 Å². The van der Waals surface area contributed by atoms with E-state index in [1.807, 2.05) is 22.6 Å². The van der Waals surface area contributed by atoms with E-state index in [-0.39, 0.29) is 46.9 Å². The van der Waals surface area contributed by atoms with Crippen molar-refractivity contribution >= 4 is 73.5 Å². The van der Waals surface area contributed by atoms with E-state index < -0.39 is 52.7 Å². The Hall–Kier alpha value is -0.986. The highest BCUT2D eigenvalue weighted by atomic mass is 127. The third-order valence-corrected chi connectivity index (χ3v) is 20.4. The predicted octanol–water partition coefficient (Wildman–Crippen LogP) is 4.20. The zero-order valence-corrected chi connectivity index (χ0v) is 35.8. The van der Waals surface area contributed by atoms with Crippen molar-refractivity contribution < 1.29 is 28.5 Å². The van der Waals surface area contributed by atoms with Crippen LogP contribution in [0.2, 0.25) is 36.3 Å². The minimum absolute atomic E-state index is 0.0743. The van der Waals surface area contributed by atoms with Crippen LogP contribution in [0.1, 0.15) is 66.8 Å². The van der Waals surface area contributed by atoms with Gasteiger partial charge in [-0.25, -0.2) is 9.59 Å². The monoisotopic (exact) mass is 934 g/mol. The number of anilines is 2. The molecule has 2 aliphatic rings. The van der Waals surface area contributed by atoms with E-state index in [1.165, 1.54) is 15.3 Å². The number of aromatic nitrogens is 4. The molecule has 4 heterocycles. The lowest BCUT2D eigenvalue weighted by Gasteiger charge is -2.40. The molecule has 14 nitrogen and oxygen atoms in total. The fourth-order valence-electron chi connectivity index (χ4n) is 4.59. The zero-order valence-electron chi connectivity index (χ0n) is 29.5. The number of halogens is 2. The van der Waals surface area contributed by atoms with E-state index in [9.17, 15) is 14.7 Å². The maximum absolute atomic E-state index is 12.5. The molecule has 2 aliphatic heterocycles. The minimum atomic E-state index is -2.04. The van der Waals surface area contributed by atoms with Gasteiger partial charge in [0.2, 0.25) is 0 Å². The number of hydrogen-bond acceptors (Lipinski definition) is 12. The fraction of sp³-hybridized carbons (Fsp3) is 0.733. The van der Waals surface area contributed by atoms with Crippen molar-refractivity contribution in [3.05, 3.63) is 40.5 Å². The van der Waals surface area contributed by atoms with Crippen molar-refractivity contribution in [2.75, 3.05) is 24.7 Å². The second kappa shape index (κ2) is 15.7. The molecule has 6 N–H and O–H groups in total. The molecular formula is C30H52I2N6O8Si2. The van der Waals surface area contributed by atoms with Crippen LogP contribution in [0.3, 0.4) is 0 Å². The van der Waals surface area contributed by atoms with E-state index >= 15 is 0 Å². The lowest BCUT2D eigenvalue weighted by atomic mass is 10.2. The van der Waals surface area contributed by atoms with Crippen LogP contribution in [-0.2, 0) is 18.3 Å². The van der Waals surface area contributed by atoms with Crippen molar-refractivity contribution in [2.45, 2.75) is 128 Å². The van der Waals surface area contributed by atoms with Crippen LogP contribution < -0.4 is 22.8 Å². The van der Waals surface area contributed by atoms with E-state index in [1.54, 1.807) is 6.20 Å². The van der Waals surface area contributed by atoms with Gasteiger partial charge in [0.15, 0.2) is 16.6 Å². The largest absolute Gasteiger partial charge is 0.414 e. The summed E-state index contributed by atoms with van der Waals surface area (Å²) < 4.78 is 29.2. The quantitative estimate of drug-likeness (QED) is 0.218. The molecule has 0 amide bonds. The Bertz CT molecular complexity index is 1550. The first-order valence-electron chi connectivity index (χ1n) is 15.9. The second-order valence-corrected chi connectivity index (χ2v) is 27.2. The summed E-state index contributed by atoms with van der Waals surface area (Å²) in [6.45, 7) is 22.5. The van der Waals surface area contributed by atoms with Crippen molar-refractivity contribution in [3.63, 3.8) is 0 Å². The molecule has 4 rings (SSSR count). The molecule has 0 radical (unpaired) electrons. The molecule has 0 aliphatic carbocycles. The van der Waals surface area contributed by atoms with Gasteiger partial charge in [0, 0.05) is 25.2 Å². The Kier molecular flexibility index (Phi) is 13.6. The van der Waals surface area contributed by atoms with Crippen LogP contribution in [0.15, 0.2) is 22.0 Å². The highest BCUT2D eigenvalue weighted by molar-refractivity contribution is 14.1. The highest BCUT2D eigenvalue weighted by Crippen LogP contribution is 2.42. The van der Waals surface area contributed by atoms with E-state index in [0.29, 0.717) is 16.6 Å². The summed E-state index contributed by atoms with van der Waals surface area (Å²) in [5.41, 5.74) is 10.4. The number of hydrogen-bond donors (Lipinski definition) is 4. The summed E-state index contributed by atoms with van der Waals surface area (Å²) >= 11 is 4.04. The maximum atomic E-state index is 12.5. The molecule has 2 aromatic rings. The predicted molar refractivity (Wildman–Crippen MR) is 207 cm³/mol. The Morgan fingerprint density at radius 1 is 0.854 bits per heavy atom. The molecule has 0 unspecified atom stereocenters. The molecule has 48 heavy (non-hydrogen) atoms. The number of rotatable bonds is 8. The van der Waals surface area contributed by atoms with Gasteiger partial charge >= 0.3 is 11.4 Å². The fourth-order valence-corrected chi connectivity index (χ4v) is 7.80. The molecule has 0 bridgehead atoms. The summed E-state index contributed by atoms with van der Waals surface area (Å²) in [6, 6.07) is 0. The lowest BCUT2D eigenvalue weighted by molar-refractivity contribution is -0.0459. The van der Waals surface area contributed by atoms with E-state index in [2.05, 4.69) is 100 Å². The standard InChI is InChI=1S/C21H40IN3O4Si2.C9H12IN3O4/c1-20(2,3)30(7,8)27-13-16-15(29-31(9,10)21(4,5)6)11-17(28-16)25-12-14(22)18(23)24-19(25)26;10-4-2-13(9(16)12-8(4)11)7-1-5(15)6(3-14)17-7/h12,15-17H,11,13H2,1-10H3,(H2,23,24,26);2,5-7,14-15H,1,3H2,(H2,11,12,16)/t15-,16-,17-;5-,6-,7-/m11/s1. The van der Waals surface area contributed by atoms with Crippen LogP contribution in [0.4, 0.5) is 11.6 Å². The smallest absolute Gasteiger partial charge is 0.351 e. The van der Waals surface area contributed by atoms with Gasteiger partial charge in [-0.3, -0.25) is 9.13 Å². The Labute approximate surface area is 311 Å². The van der Waals surface area contributed by atoms with Crippen molar-refractivity contribution in [1.29, 1.82) is 0 Å². The molecule has 0 aromatic carbocycles. The number of nitrogen functional groups attached to an aromatic ring is 2. The first-order chi connectivity index (χ1) is 21.9. The topological polar surface area (TPSA) is 199 Å². The summed E-state index contributed by atoms with van der Waals surface area (Å²) in [5.74, 6) is 0.413. The summed E-state index contributed by atoms with van der Waals surface area (Å²) in [5, 5.41) is 18.7. The number of nitrogens with zero attached hydrogens (tertiary/aromatic N) is 4. The van der Waals surface area contributed by atoms with Gasteiger partial charge in [-0.2, -0.15) is 9.97 Å². The average Bonchev–Trinajstić information content (AvgIpc) is 3.52. The number of ether oxygens (including phenoxy) is 2. The summed E-state index contributed by atoms with van der Waals surface area (Å²) in [7, 11) is -3.98. The van der Waals surface area contributed by atoms with Crippen LogP contribution in [0.25, 0.3) is 0 Å². The third kappa shape index (κ3) is 9.87. The first kappa shape index (κ1) is 41.4. The molecule has 2 saturated heterocycles. The second-order valence-electron chi connectivity index (χ2n) is 15.3. The van der Waals surface area contributed by atoms with Gasteiger partial charge in [0.25, 0.3) is 0 Å². The first-order valence-corrected chi connectivity index (χ1v) is 23.9. The van der Waals surface area contributed by atoms with E-state index in [0.717, 1.165) is 3.57 Å². The van der Waals surface area contributed by atoms with Crippen molar-refractivity contribution in [1.82, 2.24) is 19.1 Å². The molecule has 272 valence electrons. The van der Waals surface area contributed by atoms with Crippen LogP contribution >= 0.6 is 45.2 Å². The Balaban J connectivity index is 0.000000308. The van der Waals surface area contributed by atoms with Crippen molar-refractivity contribution in [3.8, 4) is 0 Å². The highest BCUT2D eigenvalue weighted by Gasteiger charge is 2.47. The molecule has 0 saturated carbocycles. The van der Waals surface area contributed by atoms with Gasteiger partial charge in [0.05, 0.1) is 32.6 Å². The lowest BCUT2D eigenvalue weighted by Crippen LogP contribution is -2.48. The third-order valence-electron chi connectivity index (χ3n) is 9.72. The minimum Gasteiger partial charge on any atom is -0.414 e. The Morgan fingerprint density at radius 2 is 1.29 bits per heavy atom. The summed E-state index contributed by atoms with van der Waals surface area (Å²) in [6.07, 6.45) is 1.18. The van der Waals surface area contributed by atoms with E-state index in [4.69, 9.17) is 34.9 Å². The SMILES string of the molecule is CC(C)(C)[Si](C)(C)OC[C@H]1O[C@@H](n2cc(I)c(N)nc2=O)C[C@H]1O[Si](C)(C)C(C)(C)C.Nc1nc(=O)n([C@H]2C[C@@H](O)[C@@H](CO)O2)cc1I. The molecular weight excluding hydrogens is 882 g/mol. The normalized spacial score (nSPS) is 25.2. The number of aliphatic hydroxyl groups is 2.